The number of halogens is 1. The maximum absolute atomic E-state index is 9.61. The number of rotatable bonds is 1. The van der Waals surface area contributed by atoms with Crippen molar-refractivity contribution in [2.24, 2.45) is 0 Å². The van der Waals surface area contributed by atoms with Crippen molar-refractivity contribution in [2.75, 3.05) is 18.0 Å². The Morgan fingerprint density at radius 1 is 1.41 bits per heavy atom. The maximum Gasteiger partial charge on any atom is 0.300 e. The van der Waals surface area contributed by atoms with E-state index in [9.17, 15) is 5.11 Å². The van der Waals surface area contributed by atoms with Crippen LogP contribution in [0.1, 0.15) is 12.8 Å². The number of hydrogen-bond acceptors (Lipinski definition) is 5. The van der Waals surface area contributed by atoms with Gasteiger partial charge < -0.3 is 14.4 Å². The van der Waals surface area contributed by atoms with Crippen molar-refractivity contribution in [3.05, 3.63) is 17.3 Å². The molecule has 0 bridgehead atoms. The zero-order valence-corrected chi connectivity index (χ0v) is 9.89. The van der Waals surface area contributed by atoms with Crippen molar-refractivity contribution in [3.8, 4) is 0 Å². The molecule has 1 atom stereocenters. The first kappa shape index (κ1) is 10.8. The van der Waals surface area contributed by atoms with Gasteiger partial charge >= 0.3 is 0 Å². The van der Waals surface area contributed by atoms with E-state index in [4.69, 9.17) is 16.0 Å². The SMILES string of the molecule is O[C@@H]1CCCN(c2nc3nc(Cl)ccc3o2)C1. The molecule has 0 amide bonds. The lowest BCUT2D eigenvalue weighted by molar-refractivity contribution is 0.152. The van der Waals surface area contributed by atoms with Crippen molar-refractivity contribution < 1.29 is 9.52 Å². The summed E-state index contributed by atoms with van der Waals surface area (Å²) in [5.41, 5.74) is 1.12. The number of aromatic nitrogens is 2. The number of aliphatic hydroxyl groups is 1. The van der Waals surface area contributed by atoms with Gasteiger partial charge in [0.25, 0.3) is 6.01 Å². The molecule has 90 valence electrons. The second-order valence-corrected chi connectivity index (χ2v) is 4.58. The molecule has 2 aromatic rings. The molecule has 0 saturated carbocycles. The smallest absolute Gasteiger partial charge is 0.300 e. The number of fused-ring (bicyclic) bond motifs is 1. The first-order chi connectivity index (χ1) is 8.22. The van der Waals surface area contributed by atoms with Crippen LogP contribution in [0.5, 0.6) is 0 Å². The van der Waals surface area contributed by atoms with Crippen LogP contribution in [0.4, 0.5) is 6.01 Å². The molecule has 0 unspecified atom stereocenters. The second kappa shape index (κ2) is 4.16. The summed E-state index contributed by atoms with van der Waals surface area (Å²) in [6.45, 7) is 1.40. The summed E-state index contributed by atoms with van der Waals surface area (Å²) in [4.78, 5) is 10.3. The fourth-order valence-corrected chi connectivity index (χ4v) is 2.19. The number of hydrogen-bond donors (Lipinski definition) is 1. The highest BCUT2D eigenvalue weighted by Gasteiger charge is 2.22. The van der Waals surface area contributed by atoms with Gasteiger partial charge in [-0.05, 0) is 25.0 Å². The normalized spacial score (nSPS) is 21.1. The first-order valence-corrected chi connectivity index (χ1v) is 5.96. The first-order valence-electron chi connectivity index (χ1n) is 5.58. The van der Waals surface area contributed by atoms with E-state index in [1.165, 1.54) is 0 Å². The van der Waals surface area contributed by atoms with Crippen LogP contribution in [0, 0.1) is 0 Å². The van der Waals surface area contributed by atoms with Gasteiger partial charge in [0.05, 0.1) is 6.10 Å². The summed E-state index contributed by atoms with van der Waals surface area (Å²) in [5.74, 6) is 0. The lowest BCUT2D eigenvalue weighted by atomic mass is 10.1. The summed E-state index contributed by atoms with van der Waals surface area (Å²) in [6, 6.07) is 3.93. The van der Waals surface area contributed by atoms with E-state index in [1.54, 1.807) is 12.1 Å². The Hall–Kier alpha value is -1.33. The van der Waals surface area contributed by atoms with Crippen molar-refractivity contribution in [3.63, 3.8) is 0 Å². The Labute approximate surface area is 103 Å². The lowest BCUT2D eigenvalue weighted by Crippen LogP contribution is -2.38. The zero-order valence-electron chi connectivity index (χ0n) is 9.14. The highest BCUT2D eigenvalue weighted by molar-refractivity contribution is 6.29. The van der Waals surface area contributed by atoms with Crippen molar-refractivity contribution in [1.82, 2.24) is 9.97 Å². The molecule has 3 heterocycles. The Morgan fingerprint density at radius 3 is 3.12 bits per heavy atom. The molecule has 0 spiro atoms. The van der Waals surface area contributed by atoms with E-state index in [2.05, 4.69) is 9.97 Å². The van der Waals surface area contributed by atoms with Crippen LogP contribution in [-0.2, 0) is 0 Å². The van der Waals surface area contributed by atoms with Crippen LogP contribution in [0.2, 0.25) is 5.15 Å². The molecule has 1 aliphatic rings. The van der Waals surface area contributed by atoms with Gasteiger partial charge in [0, 0.05) is 13.1 Å². The second-order valence-electron chi connectivity index (χ2n) is 4.19. The molecule has 1 saturated heterocycles. The largest absolute Gasteiger partial charge is 0.422 e. The van der Waals surface area contributed by atoms with E-state index in [1.807, 2.05) is 4.90 Å². The molecule has 2 aromatic heterocycles. The molecule has 1 fully saturated rings. The Balaban J connectivity index is 1.94. The van der Waals surface area contributed by atoms with Crippen LogP contribution >= 0.6 is 11.6 Å². The van der Waals surface area contributed by atoms with Crippen molar-refractivity contribution in [1.29, 1.82) is 0 Å². The standard InChI is InChI=1S/C11H12ClN3O2/c12-9-4-3-8-10(13-9)14-11(17-8)15-5-1-2-7(16)6-15/h3-4,7,16H,1-2,5-6H2/t7-/m1/s1. The van der Waals surface area contributed by atoms with E-state index in [-0.39, 0.29) is 6.10 Å². The quantitative estimate of drug-likeness (QED) is 0.786. The average molecular weight is 254 g/mol. The van der Waals surface area contributed by atoms with Crippen molar-refractivity contribution >= 4 is 28.8 Å². The number of nitrogens with zero attached hydrogens (tertiary/aromatic N) is 3. The van der Waals surface area contributed by atoms with E-state index in [0.717, 1.165) is 19.4 Å². The van der Waals surface area contributed by atoms with Crippen LogP contribution in [0.3, 0.4) is 0 Å². The van der Waals surface area contributed by atoms with Gasteiger partial charge in [-0.25, -0.2) is 4.98 Å². The third-order valence-electron chi connectivity index (χ3n) is 2.88. The predicted molar refractivity (Wildman–Crippen MR) is 64.3 cm³/mol. The van der Waals surface area contributed by atoms with Gasteiger partial charge in [0.2, 0.25) is 5.65 Å². The van der Waals surface area contributed by atoms with Crippen LogP contribution in [-0.4, -0.2) is 34.3 Å². The number of pyridine rings is 1. The summed E-state index contributed by atoms with van der Waals surface area (Å²) >= 11 is 5.79. The molecule has 0 aliphatic carbocycles. The Bertz CT molecular complexity index is 542. The number of anilines is 1. The number of oxazole rings is 1. The minimum Gasteiger partial charge on any atom is -0.422 e. The molecular weight excluding hydrogens is 242 g/mol. The van der Waals surface area contributed by atoms with E-state index >= 15 is 0 Å². The molecule has 3 rings (SSSR count). The topological polar surface area (TPSA) is 62.4 Å². The van der Waals surface area contributed by atoms with Gasteiger partial charge in [-0.2, -0.15) is 4.98 Å². The lowest BCUT2D eigenvalue weighted by Gasteiger charge is -2.28. The third-order valence-corrected chi connectivity index (χ3v) is 3.09. The molecule has 6 heteroatoms. The van der Waals surface area contributed by atoms with Gasteiger partial charge in [0.1, 0.15) is 5.15 Å². The van der Waals surface area contributed by atoms with E-state index in [0.29, 0.717) is 28.9 Å². The van der Waals surface area contributed by atoms with Crippen LogP contribution < -0.4 is 4.90 Å². The van der Waals surface area contributed by atoms with Gasteiger partial charge in [-0.3, -0.25) is 0 Å². The Morgan fingerprint density at radius 2 is 2.29 bits per heavy atom. The Kier molecular flexibility index (Phi) is 2.64. The molecule has 17 heavy (non-hydrogen) atoms. The molecule has 1 aliphatic heterocycles. The highest BCUT2D eigenvalue weighted by Crippen LogP contribution is 2.24. The summed E-state index contributed by atoms with van der Waals surface area (Å²) in [6.07, 6.45) is 1.46. The fourth-order valence-electron chi connectivity index (χ4n) is 2.05. The molecule has 0 aromatic carbocycles. The van der Waals surface area contributed by atoms with Crippen LogP contribution in [0.25, 0.3) is 11.2 Å². The molecule has 1 N–H and O–H groups in total. The average Bonchev–Trinajstić information content (AvgIpc) is 2.72. The maximum atomic E-state index is 9.61. The highest BCUT2D eigenvalue weighted by atomic mass is 35.5. The summed E-state index contributed by atoms with van der Waals surface area (Å²) < 4.78 is 5.59. The van der Waals surface area contributed by atoms with E-state index < -0.39 is 0 Å². The minimum atomic E-state index is -0.310. The van der Waals surface area contributed by atoms with Gasteiger partial charge in [-0.15, -0.1) is 0 Å². The zero-order chi connectivity index (χ0) is 11.8. The van der Waals surface area contributed by atoms with Crippen molar-refractivity contribution in [2.45, 2.75) is 18.9 Å². The van der Waals surface area contributed by atoms with Crippen LogP contribution in [0.15, 0.2) is 16.5 Å². The minimum absolute atomic E-state index is 0.310. The molecular formula is C11H12ClN3O2. The summed E-state index contributed by atoms with van der Waals surface area (Å²) in [5, 5.41) is 10.0. The molecule has 5 nitrogen and oxygen atoms in total. The third kappa shape index (κ3) is 2.08. The monoisotopic (exact) mass is 253 g/mol. The fraction of sp³-hybridized carbons (Fsp3) is 0.455. The molecule has 0 radical (unpaired) electrons. The number of β-amino-alcohol motifs (C(OH)–C–C–N with tert-alkyl or cyclic N) is 1. The number of aliphatic hydroxyl groups excluding tert-OH is 1. The summed E-state index contributed by atoms with van der Waals surface area (Å²) in [7, 11) is 0. The van der Waals surface area contributed by atoms with Gasteiger partial charge in [0.15, 0.2) is 5.58 Å². The van der Waals surface area contributed by atoms with Gasteiger partial charge in [-0.1, -0.05) is 11.6 Å². The number of piperidine rings is 1. The predicted octanol–water partition coefficient (Wildman–Crippen LogP) is 1.84.